The minimum absolute atomic E-state index is 0.0255. The van der Waals surface area contributed by atoms with Gasteiger partial charge < -0.3 is 4.84 Å². The molecule has 0 radical (unpaired) electrons. The molecule has 1 rings (SSSR count). The molecule has 1 heterocycles. The number of halogens is 4. The summed E-state index contributed by atoms with van der Waals surface area (Å²) < 4.78 is 37.2. The normalized spacial score (nSPS) is 13.9. The van der Waals surface area contributed by atoms with Crippen LogP contribution in [-0.2, 0) is 11.0 Å². The molecule has 0 bridgehead atoms. The lowest BCUT2D eigenvalue weighted by atomic mass is 10.0. The van der Waals surface area contributed by atoms with E-state index in [1.165, 1.54) is 0 Å². The predicted octanol–water partition coefficient (Wildman–Crippen LogP) is 2.75. The SMILES string of the molecule is CC(CON)c1cc(C(F)(F)F)cnc1Cl. The van der Waals surface area contributed by atoms with E-state index in [1.807, 2.05) is 0 Å². The molecule has 90 valence electrons. The van der Waals surface area contributed by atoms with Crippen LogP contribution in [0.25, 0.3) is 0 Å². The number of hydrogen-bond donors (Lipinski definition) is 1. The van der Waals surface area contributed by atoms with E-state index in [0.717, 1.165) is 6.07 Å². The number of hydrogen-bond acceptors (Lipinski definition) is 3. The van der Waals surface area contributed by atoms with Crippen molar-refractivity contribution in [2.75, 3.05) is 6.61 Å². The summed E-state index contributed by atoms with van der Waals surface area (Å²) in [6.07, 6.45) is -3.74. The van der Waals surface area contributed by atoms with Crippen molar-refractivity contribution in [1.29, 1.82) is 0 Å². The fourth-order valence-electron chi connectivity index (χ4n) is 1.20. The number of nitrogens with zero attached hydrogens (tertiary/aromatic N) is 1. The Balaban J connectivity index is 3.09. The number of nitrogens with two attached hydrogens (primary N) is 1. The van der Waals surface area contributed by atoms with Gasteiger partial charge in [-0.05, 0) is 11.6 Å². The highest BCUT2D eigenvalue weighted by Gasteiger charge is 2.32. The molecule has 0 spiro atoms. The van der Waals surface area contributed by atoms with Gasteiger partial charge in [0.25, 0.3) is 0 Å². The highest BCUT2D eigenvalue weighted by atomic mass is 35.5. The quantitative estimate of drug-likeness (QED) is 0.666. The van der Waals surface area contributed by atoms with E-state index < -0.39 is 11.7 Å². The Morgan fingerprint density at radius 2 is 2.19 bits per heavy atom. The van der Waals surface area contributed by atoms with Crippen molar-refractivity contribution in [3.8, 4) is 0 Å². The van der Waals surface area contributed by atoms with E-state index in [4.69, 9.17) is 17.5 Å². The molecule has 0 aliphatic rings. The van der Waals surface area contributed by atoms with Gasteiger partial charge in [0.1, 0.15) is 5.15 Å². The number of rotatable bonds is 3. The third-order valence-corrected chi connectivity index (χ3v) is 2.39. The maximum absolute atomic E-state index is 12.4. The summed E-state index contributed by atoms with van der Waals surface area (Å²) in [6, 6.07) is 0.957. The smallest absolute Gasteiger partial charge is 0.304 e. The van der Waals surface area contributed by atoms with Crippen LogP contribution < -0.4 is 5.90 Å². The van der Waals surface area contributed by atoms with E-state index >= 15 is 0 Å². The first-order valence-electron chi connectivity index (χ1n) is 4.40. The van der Waals surface area contributed by atoms with E-state index in [0.29, 0.717) is 6.20 Å². The van der Waals surface area contributed by atoms with Crippen LogP contribution in [0.3, 0.4) is 0 Å². The van der Waals surface area contributed by atoms with Gasteiger partial charge in [-0.15, -0.1) is 0 Å². The summed E-state index contributed by atoms with van der Waals surface area (Å²) in [5.41, 5.74) is -0.572. The first kappa shape index (κ1) is 13.2. The average Bonchev–Trinajstić information content (AvgIpc) is 2.16. The van der Waals surface area contributed by atoms with Crippen LogP contribution in [-0.4, -0.2) is 11.6 Å². The minimum Gasteiger partial charge on any atom is -0.304 e. The minimum atomic E-state index is -4.43. The van der Waals surface area contributed by atoms with Crippen molar-refractivity contribution in [2.24, 2.45) is 5.90 Å². The molecule has 1 aromatic heterocycles. The molecule has 2 N–H and O–H groups in total. The Labute approximate surface area is 95.3 Å². The Bertz CT molecular complexity index is 370. The second-order valence-electron chi connectivity index (χ2n) is 3.34. The second kappa shape index (κ2) is 4.99. The van der Waals surface area contributed by atoms with Crippen LogP contribution in [0.4, 0.5) is 13.2 Å². The van der Waals surface area contributed by atoms with Crippen molar-refractivity contribution in [1.82, 2.24) is 4.98 Å². The van der Waals surface area contributed by atoms with Gasteiger partial charge in [0.05, 0.1) is 12.2 Å². The molecule has 0 amide bonds. The van der Waals surface area contributed by atoms with Crippen LogP contribution in [0.1, 0.15) is 24.0 Å². The molecule has 7 heteroatoms. The van der Waals surface area contributed by atoms with Gasteiger partial charge in [0.15, 0.2) is 0 Å². The molecule has 0 fully saturated rings. The highest BCUT2D eigenvalue weighted by Crippen LogP contribution is 2.32. The molecule has 0 aromatic carbocycles. The zero-order valence-electron chi connectivity index (χ0n) is 8.38. The Hall–Kier alpha value is -0.850. The molecule has 3 nitrogen and oxygen atoms in total. The van der Waals surface area contributed by atoms with E-state index in [9.17, 15) is 13.2 Å². The Morgan fingerprint density at radius 1 is 1.56 bits per heavy atom. The van der Waals surface area contributed by atoms with E-state index in [2.05, 4.69) is 9.82 Å². The fraction of sp³-hybridized carbons (Fsp3) is 0.444. The third kappa shape index (κ3) is 3.07. The summed E-state index contributed by atoms with van der Waals surface area (Å²) in [7, 11) is 0. The zero-order valence-corrected chi connectivity index (χ0v) is 9.14. The first-order chi connectivity index (χ1) is 7.36. The monoisotopic (exact) mass is 254 g/mol. The molecule has 1 atom stereocenters. The zero-order chi connectivity index (χ0) is 12.3. The number of alkyl halides is 3. The first-order valence-corrected chi connectivity index (χ1v) is 4.78. The van der Waals surface area contributed by atoms with Gasteiger partial charge in [0.2, 0.25) is 0 Å². The molecule has 1 aromatic rings. The van der Waals surface area contributed by atoms with E-state index in [-0.39, 0.29) is 23.2 Å². The molecular formula is C9H10ClF3N2O. The summed E-state index contributed by atoms with van der Waals surface area (Å²) in [6.45, 7) is 1.72. The molecule has 1 unspecified atom stereocenters. The topological polar surface area (TPSA) is 48.1 Å². The van der Waals surface area contributed by atoms with Crippen LogP contribution in [0.15, 0.2) is 12.3 Å². The van der Waals surface area contributed by atoms with Crippen molar-refractivity contribution in [2.45, 2.75) is 19.0 Å². The van der Waals surface area contributed by atoms with Crippen LogP contribution in [0.5, 0.6) is 0 Å². The molecule has 16 heavy (non-hydrogen) atoms. The Kier molecular flexibility index (Phi) is 4.12. The maximum Gasteiger partial charge on any atom is 0.417 e. The average molecular weight is 255 g/mol. The van der Waals surface area contributed by atoms with Crippen molar-refractivity contribution >= 4 is 11.6 Å². The summed E-state index contributed by atoms with van der Waals surface area (Å²) in [4.78, 5) is 7.87. The van der Waals surface area contributed by atoms with Crippen LogP contribution in [0.2, 0.25) is 5.15 Å². The van der Waals surface area contributed by atoms with Gasteiger partial charge >= 0.3 is 6.18 Å². The molecule has 0 aliphatic carbocycles. The predicted molar refractivity (Wildman–Crippen MR) is 52.8 cm³/mol. The second-order valence-corrected chi connectivity index (χ2v) is 3.69. The van der Waals surface area contributed by atoms with Crippen LogP contribution >= 0.6 is 11.6 Å². The largest absolute Gasteiger partial charge is 0.417 e. The van der Waals surface area contributed by atoms with Gasteiger partial charge in [-0.25, -0.2) is 10.9 Å². The lowest BCUT2D eigenvalue weighted by molar-refractivity contribution is -0.137. The summed E-state index contributed by atoms with van der Waals surface area (Å²) >= 11 is 5.70. The number of aromatic nitrogens is 1. The molecule has 0 aliphatic heterocycles. The van der Waals surface area contributed by atoms with Crippen molar-refractivity contribution in [3.05, 3.63) is 28.5 Å². The van der Waals surface area contributed by atoms with E-state index in [1.54, 1.807) is 6.92 Å². The third-order valence-electron chi connectivity index (χ3n) is 2.07. The van der Waals surface area contributed by atoms with Gasteiger partial charge in [0, 0.05) is 12.1 Å². The molecule has 0 saturated carbocycles. The van der Waals surface area contributed by atoms with Crippen molar-refractivity contribution in [3.63, 3.8) is 0 Å². The van der Waals surface area contributed by atoms with Crippen molar-refractivity contribution < 1.29 is 18.0 Å². The lowest BCUT2D eigenvalue weighted by Crippen LogP contribution is -2.12. The summed E-state index contributed by atoms with van der Waals surface area (Å²) in [5, 5.41) is 0.0255. The standard InChI is InChI=1S/C9H10ClF3N2O/c1-5(4-16-14)7-2-6(9(11,12)13)3-15-8(7)10/h2-3,5H,4,14H2,1H3. The van der Waals surface area contributed by atoms with Gasteiger partial charge in [-0.2, -0.15) is 13.2 Å². The lowest BCUT2D eigenvalue weighted by Gasteiger charge is -2.14. The summed E-state index contributed by atoms with van der Waals surface area (Å²) in [5.74, 6) is 4.50. The fourth-order valence-corrected chi connectivity index (χ4v) is 1.49. The van der Waals surface area contributed by atoms with Crippen LogP contribution in [0, 0.1) is 0 Å². The van der Waals surface area contributed by atoms with Gasteiger partial charge in [-0.1, -0.05) is 18.5 Å². The highest BCUT2D eigenvalue weighted by molar-refractivity contribution is 6.30. The molecule has 0 saturated heterocycles. The number of pyridine rings is 1. The Morgan fingerprint density at radius 3 is 2.69 bits per heavy atom. The molecular weight excluding hydrogens is 245 g/mol. The maximum atomic E-state index is 12.4. The van der Waals surface area contributed by atoms with Gasteiger partial charge in [-0.3, -0.25) is 0 Å².